The Morgan fingerprint density at radius 1 is 1.05 bits per heavy atom. The molecule has 0 aliphatic carbocycles. The van der Waals surface area contributed by atoms with Crippen molar-refractivity contribution in [1.82, 2.24) is 14.5 Å². The molecule has 0 saturated carbocycles. The van der Waals surface area contributed by atoms with Crippen LogP contribution in [0.1, 0.15) is 42.7 Å². The summed E-state index contributed by atoms with van der Waals surface area (Å²) in [5.41, 5.74) is 2.41. The number of fused-ring (bicyclic) bond motifs is 1. The van der Waals surface area contributed by atoms with Crippen molar-refractivity contribution in [2.45, 2.75) is 39.5 Å². The summed E-state index contributed by atoms with van der Waals surface area (Å²) in [6.07, 6.45) is 5.68. The molecular weight excluding hydrogens is 512 g/mol. The van der Waals surface area contributed by atoms with Gasteiger partial charge in [-0.05, 0) is 54.8 Å². The molecule has 1 fully saturated rings. The average molecular weight is 542 g/mol. The van der Waals surface area contributed by atoms with E-state index in [1.165, 1.54) is 17.4 Å². The minimum Gasteiger partial charge on any atom is -0.395 e. The minimum absolute atomic E-state index is 0.120. The monoisotopic (exact) mass is 541 g/mol. The fourth-order valence-electron chi connectivity index (χ4n) is 4.05. The first-order valence-electron chi connectivity index (χ1n) is 12.4. The number of pyridine rings is 1. The number of benzene rings is 1. The van der Waals surface area contributed by atoms with Gasteiger partial charge in [-0.25, -0.2) is 4.98 Å². The Morgan fingerprint density at radius 3 is 2.53 bits per heavy atom. The molecule has 38 heavy (non-hydrogen) atoms. The molecule has 1 amide bonds. The number of anilines is 2. The molecule has 2 aliphatic heterocycles. The van der Waals surface area contributed by atoms with Crippen LogP contribution in [0.2, 0.25) is 0 Å². The molecule has 1 saturated heterocycles. The first-order valence-corrected chi connectivity index (χ1v) is 13.3. The molecule has 2 aliphatic rings. The third-order valence-electron chi connectivity index (χ3n) is 5.67. The lowest BCUT2D eigenvalue weighted by Crippen LogP contribution is -2.26. The van der Waals surface area contributed by atoms with Crippen LogP contribution in [0.5, 0.6) is 11.5 Å². The highest BCUT2D eigenvalue weighted by Gasteiger charge is 2.45. The molecule has 1 aromatic carbocycles. The maximum atomic E-state index is 12.9. The highest BCUT2D eigenvalue weighted by molar-refractivity contribution is 7.13. The van der Waals surface area contributed by atoms with E-state index in [1.807, 2.05) is 53.1 Å². The number of carbonyl (C=O) groups is 1. The number of amides is 1. The maximum Gasteiger partial charge on any atom is 0.586 e. The normalized spacial score (nSPS) is 14.7. The van der Waals surface area contributed by atoms with Crippen LogP contribution >= 0.6 is 11.3 Å². The van der Waals surface area contributed by atoms with E-state index in [-0.39, 0.29) is 17.4 Å². The summed E-state index contributed by atoms with van der Waals surface area (Å²) in [6.45, 7) is 6.40. The molecule has 0 spiro atoms. The van der Waals surface area contributed by atoms with Crippen molar-refractivity contribution in [2.75, 3.05) is 23.3 Å². The van der Waals surface area contributed by atoms with Crippen LogP contribution in [0, 0.1) is 0 Å². The average Bonchev–Trinajstić information content (AvgIpc) is 3.73. The molecule has 8 nitrogen and oxygen atoms in total. The summed E-state index contributed by atoms with van der Waals surface area (Å²) < 4.78 is 36.7. The van der Waals surface area contributed by atoms with E-state index in [9.17, 15) is 13.6 Å². The molecule has 4 aromatic rings. The summed E-state index contributed by atoms with van der Waals surface area (Å²) >= 11 is 1.40. The van der Waals surface area contributed by atoms with E-state index in [2.05, 4.69) is 24.8 Å². The predicted octanol–water partition coefficient (Wildman–Crippen LogP) is 6.27. The Hall–Kier alpha value is -3.99. The Kier molecular flexibility index (Phi) is 8.90. The second-order valence-electron chi connectivity index (χ2n) is 8.13. The quantitative estimate of drug-likeness (QED) is 0.321. The Bertz CT molecular complexity index is 1310. The number of rotatable bonds is 5. The molecule has 5 heterocycles. The number of halogens is 2. The van der Waals surface area contributed by atoms with E-state index in [1.54, 1.807) is 36.8 Å². The number of hydrogen-bond donors (Lipinski definition) is 1. The Labute approximate surface area is 223 Å². The molecule has 11 heteroatoms. The molecule has 3 aromatic heterocycles. The first-order chi connectivity index (χ1) is 18.5. The number of para-hydroxylation sites is 1. The SMILES string of the molecule is CC.FC1(F)Oc2cccc(N3CCCC3)c2O1.O=C(Nc1nccs1)c1cccn1Cc1ccncc1. The van der Waals surface area contributed by atoms with E-state index in [4.69, 9.17) is 0 Å². The van der Waals surface area contributed by atoms with Crippen molar-refractivity contribution in [3.05, 3.63) is 83.9 Å². The van der Waals surface area contributed by atoms with Crippen LogP contribution in [0.15, 0.2) is 72.6 Å². The Balaban J connectivity index is 0.000000170. The lowest BCUT2D eigenvalue weighted by molar-refractivity contribution is -0.286. The van der Waals surface area contributed by atoms with Crippen molar-refractivity contribution >= 4 is 28.1 Å². The zero-order chi connectivity index (χ0) is 27.0. The van der Waals surface area contributed by atoms with Gasteiger partial charge >= 0.3 is 6.29 Å². The molecule has 0 atom stereocenters. The largest absolute Gasteiger partial charge is 0.586 e. The van der Waals surface area contributed by atoms with Gasteiger partial charge in [-0.2, -0.15) is 0 Å². The molecule has 0 radical (unpaired) electrons. The fourth-order valence-corrected chi connectivity index (χ4v) is 4.58. The predicted molar refractivity (Wildman–Crippen MR) is 143 cm³/mol. The molecule has 0 unspecified atom stereocenters. The highest BCUT2D eigenvalue weighted by Crippen LogP contribution is 2.47. The number of nitrogens with one attached hydrogen (secondary N) is 1. The van der Waals surface area contributed by atoms with Crippen molar-refractivity contribution in [2.24, 2.45) is 0 Å². The topological polar surface area (TPSA) is 81.5 Å². The lowest BCUT2D eigenvalue weighted by Gasteiger charge is -2.18. The number of alkyl halides is 2. The number of hydrogen-bond acceptors (Lipinski definition) is 7. The van der Waals surface area contributed by atoms with Gasteiger partial charge in [-0.1, -0.05) is 19.9 Å². The Morgan fingerprint density at radius 2 is 1.82 bits per heavy atom. The third kappa shape index (κ3) is 6.65. The van der Waals surface area contributed by atoms with Gasteiger partial charge < -0.3 is 18.9 Å². The van der Waals surface area contributed by atoms with E-state index in [0.717, 1.165) is 31.5 Å². The zero-order valence-corrected chi connectivity index (χ0v) is 22.0. The molecule has 0 bridgehead atoms. The molecule has 200 valence electrons. The first kappa shape index (κ1) is 27.1. The van der Waals surface area contributed by atoms with Gasteiger partial charge in [-0.3, -0.25) is 15.1 Å². The number of nitrogens with zero attached hydrogens (tertiary/aromatic N) is 4. The second-order valence-corrected chi connectivity index (χ2v) is 9.03. The van der Waals surface area contributed by atoms with E-state index in [0.29, 0.717) is 23.1 Å². The maximum absolute atomic E-state index is 12.9. The highest BCUT2D eigenvalue weighted by atomic mass is 32.1. The van der Waals surface area contributed by atoms with Gasteiger partial charge in [0.15, 0.2) is 16.6 Å². The van der Waals surface area contributed by atoms with Gasteiger partial charge in [0.1, 0.15) is 5.69 Å². The minimum atomic E-state index is -3.53. The van der Waals surface area contributed by atoms with Gasteiger partial charge in [0.05, 0.1) is 5.69 Å². The van der Waals surface area contributed by atoms with Crippen LogP contribution in [-0.2, 0) is 6.54 Å². The smallest absolute Gasteiger partial charge is 0.395 e. The van der Waals surface area contributed by atoms with Gasteiger partial charge in [0.2, 0.25) is 0 Å². The molecular formula is C27H29F2N5O3S. The van der Waals surface area contributed by atoms with Crippen molar-refractivity contribution in [1.29, 1.82) is 0 Å². The van der Waals surface area contributed by atoms with E-state index < -0.39 is 6.29 Å². The second kappa shape index (κ2) is 12.5. The van der Waals surface area contributed by atoms with Crippen LogP contribution in [0.4, 0.5) is 19.6 Å². The van der Waals surface area contributed by atoms with Gasteiger partial charge in [0.25, 0.3) is 5.91 Å². The number of carbonyl (C=O) groups excluding carboxylic acids is 1. The number of ether oxygens (including phenoxy) is 2. The fraction of sp³-hybridized carbons (Fsp3) is 0.296. The van der Waals surface area contributed by atoms with Gasteiger partial charge in [-0.15, -0.1) is 20.1 Å². The lowest BCUT2D eigenvalue weighted by atomic mass is 10.2. The number of aromatic nitrogens is 3. The van der Waals surface area contributed by atoms with Crippen LogP contribution < -0.4 is 19.7 Å². The molecule has 1 N–H and O–H groups in total. The summed E-state index contributed by atoms with van der Waals surface area (Å²) in [5.74, 6) is 0.128. The van der Waals surface area contributed by atoms with Crippen molar-refractivity contribution in [3.63, 3.8) is 0 Å². The summed E-state index contributed by atoms with van der Waals surface area (Å²) in [7, 11) is 0. The van der Waals surface area contributed by atoms with Crippen LogP contribution in [0.25, 0.3) is 0 Å². The standard InChI is InChI=1S/C14H12N4OS.C11H11F2NO2.C2H6/c19-13(17-14-16-7-9-20-14)12-2-1-8-18(12)10-11-3-5-15-6-4-11;12-11(13)15-9-5-3-4-8(10(9)16-11)14-6-1-2-7-14;1-2/h1-9H,10H2,(H,16,17,19);3-5H,1-2,6-7H2;1-2H3. The summed E-state index contributed by atoms with van der Waals surface area (Å²) in [4.78, 5) is 22.3. The van der Waals surface area contributed by atoms with Crippen LogP contribution in [0.3, 0.4) is 0 Å². The third-order valence-corrected chi connectivity index (χ3v) is 6.36. The number of thiazole rings is 1. The van der Waals surface area contributed by atoms with E-state index >= 15 is 0 Å². The zero-order valence-electron chi connectivity index (χ0n) is 21.1. The summed E-state index contributed by atoms with van der Waals surface area (Å²) in [6, 6.07) is 12.5. The van der Waals surface area contributed by atoms with Crippen LogP contribution in [-0.4, -0.2) is 39.8 Å². The van der Waals surface area contributed by atoms with Gasteiger partial charge in [0, 0.05) is 49.8 Å². The summed E-state index contributed by atoms with van der Waals surface area (Å²) in [5, 5.41) is 5.21. The van der Waals surface area contributed by atoms with Crippen molar-refractivity contribution in [3.8, 4) is 11.5 Å². The molecule has 6 rings (SSSR count). The van der Waals surface area contributed by atoms with Crippen molar-refractivity contribution < 1.29 is 23.0 Å².